The van der Waals surface area contributed by atoms with Crippen molar-refractivity contribution in [1.29, 1.82) is 0 Å². The van der Waals surface area contributed by atoms with Crippen molar-refractivity contribution in [2.24, 2.45) is 4.99 Å². The second-order valence-electron chi connectivity index (χ2n) is 6.65. The third-order valence-corrected chi connectivity index (χ3v) is 4.54. The maximum absolute atomic E-state index is 11.9. The van der Waals surface area contributed by atoms with Crippen LogP contribution < -0.4 is 15.4 Å². The number of halogens is 1. The predicted octanol–water partition coefficient (Wildman–Crippen LogP) is 3.88. The fraction of sp³-hybridized carbons (Fsp3) is 0.364. The lowest BCUT2D eigenvalue weighted by atomic mass is 9.99. The Bertz CT molecular complexity index is 840. The maximum atomic E-state index is 11.9. The van der Waals surface area contributed by atoms with Gasteiger partial charge in [-0.15, -0.1) is 24.0 Å². The molecule has 1 atom stereocenters. The first-order valence-electron chi connectivity index (χ1n) is 9.24. The number of nitrogens with zero attached hydrogens (tertiary/aromatic N) is 1. The van der Waals surface area contributed by atoms with Gasteiger partial charge in [0.15, 0.2) is 5.96 Å². The number of benzene rings is 2. The van der Waals surface area contributed by atoms with Gasteiger partial charge in [0.25, 0.3) is 0 Å². The van der Waals surface area contributed by atoms with Gasteiger partial charge in [-0.05, 0) is 36.1 Å². The van der Waals surface area contributed by atoms with E-state index in [2.05, 4.69) is 53.7 Å². The van der Waals surface area contributed by atoms with E-state index in [0.717, 1.165) is 12.1 Å². The molecule has 0 aromatic heterocycles. The molecule has 29 heavy (non-hydrogen) atoms. The van der Waals surface area contributed by atoms with Gasteiger partial charge in [-0.2, -0.15) is 0 Å². The van der Waals surface area contributed by atoms with Crippen LogP contribution >= 0.6 is 24.0 Å². The average molecular weight is 511 g/mol. The molecule has 0 fully saturated rings. The smallest absolute Gasteiger partial charge is 0.341 e. The van der Waals surface area contributed by atoms with Gasteiger partial charge < -0.3 is 20.1 Å². The lowest BCUT2D eigenvalue weighted by Crippen LogP contribution is -2.38. The van der Waals surface area contributed by atoms with Gasteiger partial charge in [-0.25, -0.2) is 4.79 Å². The zero-order valence-corrected chi connectivity index (χ0v) is 19.9. The number of rotatable bonds is 7. The number of hydrogen-bond donors (Lipinski definition) is 2. The zero-order valence-electron chi connectivity index (χ0n) is 17.6. The van der Waals surface area contributed by atoms with Crippen LogP contribution in [0, 0.1) is 6.92 Å². The van der Waals surface area contributed by atoms with Gasteiger partial charge in [0.05, 0.1) is 14.2 Å². The molecule has 2 N–H and O–H groups in total. The summed E-state index contributed by atoms with van der Waals surface area (Å²) in [5, 5.41) is 6.62. The molecule has 1 unspecified atom stereocenters. The molecule has 6 nitrogen and oxygen atoms in total. The molecule has 7 heteroatoms. The van der Waals surface area contributed by atoms with Crippen molar-refractivity contribution >= 4 is 35.9 Å². The van der Waals surface area contributed by atoms with E-state index >= 15 is 0 Å². The standard InChI is InChI=1S/C22H29N3O3.HI/c1-15-7-6-8-18(11-15)16(2)13-24-22(23-3)25-14-17-9-10-20(27-4)19(12-17)21(26)28-5;/h6-12,16H,13-14H2,1-5H3,(H2,23,24,25);1H. The molecule has 0 saturated heterocycles. The number of carbonyl (C=O) groups is 1. The maximum Gasteiger partial charge on any atom is 0.341 e. The fourth-order valence-corrected chi connectivity index (χ4v) is 2.89. The van der Waals surface area contributed by atoms with Gasteiger partial charge in [0.2, 0.25) is 0 Å². The summed E-state index contributed by atoms with van der Waals surface area (Å²) in [6.07, 6.45) is 0. The topological polar surface area (TPSA) is 72.0 Å². The first-order chi connectivity index (χ1) is 13.5. The number of aryl methyl sites for hydroxylation is 1. The molecule has 0 amide bonds. The van der Waals surface area contributed by atoms with Gasteiger partial charge in [-0.1, -0.05) is 42.8 Å². The van der Waals surface area contributed by atoms with Crippen LogP contribution in [0.1, 0.15) is 39.9 Å². The summed E-state index contributed by atoms with van der Waals surface area (Å²) in [6, 6.07) is 14.0. The van der Waals surface area contributed by atoms with Crippen LogP contribution in [0.25, 0.3) is 0 Å². The van der Waals surface area contributed by atoms with E-state index in [1.807, 2.05) is 6.07 Å². The van der Waals surface area contributed by atoms with Crippen LogP contribution in [0.5, 0.6) is 5.75 Å². The minimum atomic E-state index is -0.423. The molecule has 0 saturated carbocycles. The number of carbonyl (C=O) groups excluding carboxylic acids is 1. The normalized spacial score (nSPS) is 11.8. The molecule has 0 aliphatic rings. The Morgan fingerprint density at radius 1 is 1.14 bits per heavy atom. The van der Waals surface area contributed by atoms with Crippen molar-refractivity contribution in [2.45, 2.75) is 26.3 Å². The number of nitrogens with one attached hydrogen (secondary N) is 2. The third-order valence-electron chi connectivity index (χ3n) is 4.54. The second-order valence-corrected chi connectivity index (χ2v) is 6.65. The second kappa shape index (κ2) is 12.3. The van der Waals surface area contributed by atoms with E-state index in [4.69, 9.17) is 9.47 Å². The Hall–Kier alpha value is -2.29. The van der Waals surface area contributed by atoms with Crippen LogP contribution in [-0.4, -0.2) is 39.7 Å². The highest BCUT2D eigenvalue weighted by Crippen LogP contribution is 2.21. The highest BCUT2D eigenvalue weighted by atomic mass is 127. The Labute approximate surface area is 190 Å². The van der Waals surface area contributed by atoms with Crippen LogP contribution in [0.2, 0.25) is 0 Å². The van der Waals surface area contributed by atoms with E-state index < -0.39 is 5.97 Å². The Kier molecular flexibility index (Phi) is 10.5. The van der Waals surface area contributed by atoms with Crippen molar-refractivity contribution in [3.8, 4) is 5.75 Å². The minimum absolute atomic E-state index is 0. The highest BCUT2D eigenvalue weighted by Gasteiger charge is 2.13. The molecule has 0 heterocycles. The zero-order chi connectivity index (χ0) is 20.5. The summed E-state index contributed by atoms with van der Waals surface area (Å²) in [5.41, 5.74) is 3.88. The summed E-state index contributed by atoms with van der Waals surface area (Å²) >= 11 is 0. The summed E-state index contributed by atoms with van der Waals surface area (Å²) in [7, 11) is 4.62. The highest BCUT2D eigenvalue weighted by molar-refractivity contribution is 14.0. The van der Waals surface area contributed by atoms with E-state index in [-0.39, 0.29) is 24.0 Å². The Morgan fingerprint density at radius 3 is 2.52 bits per heavy atom. The quantitative estimate of drug-likeness (QED) is 0.256. The molecule has 2 aromatic carbocycles. The molecular formula is C22H30IN3O3. The molecule has 0 radical (unpaired) electrons. The van der Waals surface area contributed by atoms with Crippen molar-refractivity contribution in [1.82, 2.24) is 10.6 Å². The van der Waals surface area contributed by atoms with E-state index in [9.17, 15) is 4.79 Å². The van der Waals surface area contributed by atoms with E-state index in [0.29, 0.717) is 29.7 Å². The lowest BCUT2D eigenvalue weighted by molar-refractivity contribution is 0.0597. The van der Waals surface area contributed by atoms with Crippen molar-refractivity contribution < 1.29 is 14.3 Å². The number of aliphatic imine (C=N–C) groups is 1. The Morgan fingerprint density at radius 2 is 1.90 bits per heavy atom. The first kappa shape index (κ1) is 24.7. The van der Waals surface area contributed by atoms with E-state index in [1.54, 1.807) is 19.2 Å². The van der Waals surface area contributed by atoms with Gasteiger partial charge in [0, 0.05) is 20.1 Å². The van der Waals surface area contributed by atoms with Gasteiger partial charge in [0.1, 0.15) is 11.3 Å². The number of hydrogen-bond acceptors (Lipinski definition) is 4. The van der Waals surface area contributed by atoms with Crippen LogP contribution in [0.3, 0.4) is 0 Å². The molecule has 2 aromatic rings. The van der Waals surface area contributed by atoms with Crippen molar-refractivity contribution in [2.75, 3.05) is 27.8 Å². The molecule has 158 valence electrons. The summed E-state index contributed by atoms with van der Waals surface area (Å²) in [5.74, 6) is 1.12. The summed E-state index contributed by atoms with van der Waals surface area (Å²) in [4.78, 5) is 16.2. The largest absolute Gasteiger partial charge is 0.496 e. The molecule has 0 spiro atoms. The number of ether oxygens (including phenoxy) is 2. The summed E-state index contributed by atoms with van der Waals surface area (Å²) < 4.78 is 10.0. The number of esters is 1. The number of guanidine groups is 1. The predicted molar refractivity (Wildman–Crippen MR) is 128 cm³/mol. The third kappa shape index (κ3) is 7.23. The number of methoxy groups -OCH3 is 2. The van der Waals surface area contributed by atoms with E-state index in [1.165, 1.54) is 25.3 Å². The molecule has 0 aliphatic carbocycles. The summed E-state index contributed by atoms with van der Waals surface area (Å²) in [6.45, 7) is 5.56. The van der Waals surface area contributed by atoms with Gasteiger partial charge in [-0.3, -0.25) is 4.99 Å². The van der Waals surface area contributed by atoms with Crippen molar-refractivity contribution in [3.63, 3.8) is 0 Å². The first-order valence-corrected chi connectivity index (χ1v) is 9.24. The average Bonchev–Trinajstić information content (AvgIpc) is 2.72. The molecule has 0 bridgehead atoms. The van der Waals surface area contributed by atoms with Crippen LogP contribution in [0.4, 0.5) is 0 Å². The minimum Gasteiger partial charge on any atom is -0.496 e. The van der Waals surface area contributed by atoms with Crippen LogP contribution in [-0.2, 0) is 11.3 Å². The molecule has 0 aliphatic heterocycles. The monoisotopic (exact) mass is 511 g/mol. The van der Waals surface area contributed by atoms with Crippen LogP contribution in [0.15, 0.2) is 47.5 Å². The van der Waals surface area contributed by atoms with Crippen molar-refractivity contribution in [3.05, 3.63) is 64.7 Å². The lowest BCUT2D eigenvalue weighted by Gasteiger charge is -2.17. The fourth-order valence-electron chi connectivity index (χ4n) is 2.89. The van der Waals surface area contributed by atoms with Gasteiger partial charge >= 0.3 is 5.97 Å². The Balaban J connectivity index is 0.00000420. The molecule has 2 rings (SSSR count). The molecular weight excluding hydrogens is 481 g/mol. The SMILES string of the molecule is CN=C(NCc1ccc(OC)c(C(=O)OC)c1)NCC(C)c1cccc(C)c1.I.